The zero-order valence-corrected chi connectivity index (χ0v) is 13.4. The van der Waals surface area contributed by atoms with Crippen LogP contribution in [0, 0.1) is 13.8 Å². The summed E-state index contributed by atoms with van der Waals surface area (Å²) in [5.74, 6) is -0.0594. The van der Waals surface area contributed by atoms with Crippen LogP contribution in [0.2, 0.25) is 0 Å². The molecule has 5 heteroatoms. The highest BCUT2D eigenvalue weighted by Gasteiger charge is 2.13. The summed E-state index contributed by atoms with van der Waals surface area (Å²) in [4.78, 5) is 23.7. The van der Waals surface area contributed by atoms with E-state index in [-0.39, 0.29) is 12.5 Å². The van der Waals surface area contributed by atoms with Crippen molar-refractivity contribution in [3.8, 4) is 5.75 Å². The minimum Gasteiger partial charge on any atom is -0.483 e. The highest BCUT2D eigenvalue weighted by Crippen LogP contribution is 2.20. The van der Waals surface area contributed by atoms with Crippen LogP contribution in [0.4, 0.5) is 5.69 Å². The van der Waals surface area contributed by atoms with Crippen molar-refractivity contribution < 1.29 is 19.1 Å². The summed E-state index contributed by atoms with van der Waals surface area (Å²) in [5.41, 5.74) is 2.60. The van der Waals surface area contributed by atoms with Crippen LogP contribution in [-0.2, 0) is 9.53 Å². The van der Waals surface area contributed by atoms with Crippen molar-refractivity contribution in [3.05, 3.63) is 59.2 Å². The molecule has 0 atom stereocenters. The zero-order chi connectivity index (χ0) is 16.8. The number of esters is 1. The summed E-state index contributed by atoms with van der Waals surface area (Å²) in [6, 6.07) is 12.6. The molecule has 2 aromatic carbocycles. The number of hydrogen-bond donors (Lipinski definition) is 1. The van der Waals surface area contributed by atoms with E-state index in [0.717, 1.165) is 5.56 Å². The van der Waals surface area contributed by atoms with Crippen LogP contribution in [0.25, 0.3) is 0 Å². The molecule has 120 valence electrons. The lowest BCUT2D eigenvalue weighted by Gasteiger charge is -2.12. The number of ether oxygens (including phenoxy) is 2. The van der Waals surface area contributed by atoms with Crippen molar-refractivity contribution in [2.75, 3.05) is 19.0 Å². The molecule has 0 spiro atoms. The fourth-order valence-electron chi connectivity index (χ4n) is 2.15. The molecule has 0 aliphatic carbocycles. The molecule has 23 heavy (non-hydrogen) atoms. The zero-order valence-electron chi connectivity index (χ0n) is 13.4. The maximum Gasteiger partial charge on any atom is 0.338 e. The van der Waals surface area contributed by atoms with Crippen molar-refractivity contribution in [2.45, 2.75) is 13.8 Å². The van der Waals surface area contributed by atoms with Gasteiger partial charge in [0.25, 0.3) is 5.91 Å². The Morgan fingerprint density at radius 3 is 2.48 bits per heavy atom. The molecule has 0 aliphatic heterocycles. The topological polar surface area (TPSA) is 64.6 Å². The first-order valence-corrected chi connectivity index (χ1v) is 7.19. The maximum absolute atomic E-state index is 12.0. The van der Waals surface area contributed by atoms with Gasteiger partial charge in [-0.3, -0.25) is 4.79 Å². The van der Waals surface area contributed by atoms with Crippen molar-refractivity contribution in [3.63, 3.8) is 0 Å². The summed E-state index contributed by atoms with van der Waals surface area (Å²) in [6.07, 6.45) is 0. The fourth-order valence-corrected chi connectivity index (χ4v) is 2.15. The van der Waals surface area contributed by atoms with Gasteiger partial charge in [0.15, 0.2) is 6.61 Å². The predicted molar refractivity (Wildman–Crippen MR) is 87.8 cm³/mol. The highest BCUT2D eigenvalue weighted by atomic mass is 16.5. The standard InChI is InChI=1S/C18H19NO4/c1-12-7-4-5-10-16(12)23-11-17(20)19-15-9-6-8-14(13(15)2)18(21)22-3/h4-10H,11H2,1-3H3,(H,19,20). The Bertz CT molecular complexity index is 725. The Morgan fingerprint density at radius 2 is 1.78 bits per heavy atom. The van der Waals surface area contributed by atoms with E-state index in [1.165, 1.54) is 7.11 Å². The monoisotopic (exact) mass is 313 g/mol. The summed E-state index contributed by atoms with van der Waals surface area (Å²) in [5, 5.41) is 2.75. The second kappa shape index (κ2) is 7.45. The van der Waals surface area contributed by atoms with E-state index in [4.69, 9.17) is 9.47 Å². The quantitative estimate of drug-likeness (QED) is 0.861. The number of methoxy groups -OCH3 is 1. The second-order valence-corrected chi connectivity index (χ2v) is 5.07. The van der Waals surface area contributed by atoms with Gasteiger partial charge in [0, 0.05) is 5.69 Å². The van der Waals surface area contributed by atoms with Gasteiger partial charge in [-0.15, -0.1) is 0 Å². The summed E-state index contributed by atoms with van der Waals surface area (Å²) < 4.78 is 10.2. The van der Waals surface area contributed by atoms with E-state index < -0.39 is 5.97 Å². The molecule has 2 aromatic rings. The van der Waals surface area contributed by atoms with Crippen molar-refractivity contribution in [1.82, 2.24) is 0 Å². The van der Waals surface area contributed by atoms with Crippen molar-refractivity contribution >= 4 is 17.6 Å². The number of carbonyl (C=O) groups is 2. The van der Waals surface area contributed by atoms with E-state index in [1.807, 2.05) is 31.2 Å². The molecule has 1 amide bonds. The van der Waals surface area contributed by atoms with Gasteiger partial charge in [0.05, 0.1) is 12.7 Å². The number of benzene rings is 2. The minimum atomic E-state index is -0.435. The Balaban J connectivity index is 2.03. The molecule has 0 aromatic heterocycles. The molecule has 0 bridgehead atoms. The average molecular weight is 313 g/mol. The maximum atomic E-state index is 12.0. The number of amides is 1. The average Bonchev–Trinajstić information content (AvgIpc) is 2.55. The molecule has 2 rings (SSSR count). The van der Waals surface area contributed by atoms with Crippen molar-refractivity contribution in [2.24, 2.45) is 0 Å². The number of nitrogens with one attached hydrogen (secondary N) is 1. The molecule has 0 saturated heterocycles. The Hall–Kier alpha value is -2.82. The van der Waals surface area contributed by atoms with Crippen LogP contribution >= 0.6 is 0 Å². The van der Waals surface area contributed by atoms with Crippen LogP contribution in [0.5, 0.6) is 5.75 Å². The number of hydrogen-bond acceptors (Lipinski definition) is 4. The molecule has 0 aliphatic rings. The smallest absolute Gasteiger partial charge is 0.338 e. The van der Waals surface area contributed by atoms with Crippen LogP contribution in [-0.4, -0.2) is 25.6 Å². The molecule has 0 fully saturated rings. The first-order valence-electron chi connectivity index (χ1n) is 7.19. The van der Waals surface area contributed by atoms with Crippen LogP contribution < -0.4 is 10.1 Å². The molecular formula is C18H19NO4. The lowest BCUT2D eigenvalue weighted by atomic mass is 10.1. The van der Waals surface area contributed by atoms with Gasteiger partial charge in [-0.25, -0.2) is 4.79 Å². The van der Waals surface area contributed by atoms with Gasteiger partial charge in [-0.1, -0.05) is 24.3 Å². The van der Waals surface area contributed by atoms with Crippen LogP contribution in [0.3, 0.4) is 0 Å². The van der Waals surface area contributed by atoms with Gasteiger partial charge in [-0.2, -0.15) is 0 Å². The number of aryl methyl sites for hydroxylation is 1. The molecule has 1 N–H and O–H groups in total. The van der Waals surface area contributed by atoms with E-state index >= 15 is 0 Å². The van der Waals surface area contributed by atoms with Crippen LogP contribution in [0.15, 0.2) is 42.5 Å². The number of rotatable bonds is 5. The second-order valence-electron chi connectivity index (χ2n) is 5.07. The van der Waals surface area contributed by atoms with E-state index in [1.54, 1.807) is 25.1 Å². The molecule has 0 saturated carbocycles. The Labute approximate surface area is 135 Å². The van der Waals surface area contributed by atoms with E-state index in [2.05, 4.69) is 5.32 Å². The normalized spacial score (nSPS) is 10.0. The first kappa shape index (κ1) is 16.5. The molecule has 0 radical (unpaired) electrons. The number of para-hydroxylation sites is 1. The lowest BCUT2D eigenvalue weighted by Crippen LogP contribution is -2.21. The third-order valence-corrected chi connectivity index (χ3v) is 3.47. The Morgan fingerprint density at radius 1 is 1.04 bits per heavy atom. The summed E-state index contributed by atoms with van der Waals surface area (Å²) in [6.45, 7) is 3.56. The van der Waals surface area contributed by atoms with Crippen LogP contribution in [0.1, 0.15) is 21.5 Å². The first-order chi connectivity index (χ1) is 11.0. The van der Waals surface area contributed by atoms with Gasteiger partial charge < -0.3 is 14.8 Å². The number of anilines is 1. The lowest BCUT2D eigenvalue weighted by molar-refractivity contribution is -0.118. The minimum absolute atomic E-state index is 0.104. The third-order valence-electron chi connectivity index (χ3n) is 3.47. The highest BCUT2D eigenvalue weighted by molar-refractivity contribution is 5.97. The Kier molecular flexibility index (Phi) is 5.36. The third kappa shape index (κ3) is 4.10. The molecular weight excluding hydrogens is 294 g/mol. The summed E-state index contributed by atoms with van der Waals surface area (Å²) in [7, 11) is 1.32. The van der Waals surface area contributed by atoms with Gasteiger partial charge in [0.1, 0.15) is 5.75 Å². The summed E-state index contributed by atoms with van der Waals surface area (Å²) >= 11 is 0. The molecule has 0 unspecified atom stereocenters. The van der Waals surface area contributed by atoms with Gasteiger partial charge in [0.2, 0.25) is 0 Å². The molecule has 0 heterocycles. The molecule has 5 nitrogen and oxygen atoms in total. The van der Waals surface area contributed by atoms with Gasteiger partial charge >= 0.3 is 5.97 Å². The van der Waals surface area contributed by atoms with Crippen molar-refractivity contribution in [1.29, 1.82) is 0 Å². The SMILES string of the molecule is COC(=O)c1cccc(NC(=O)COc2ccccc2C)c1C. The largest absolute Gasteiger partial charge is 0.483 e. The predicted octanol–water partition coefficient (Wildman–Crippen LogP) is 3.11. The fraction of sp³-hybridized carbons (Fsp3) is 0.222. The van der Waals surface area contributed by atoms with Gasteiger partial charge in [-0.05, 0) is 43.2 Å². The van der Waals surface area contributed by atoms with E-state index in [0.29, 0.717) is 22.6 Å². The van der Waals surface area contributed by atoms with E-state index in [9.17, 15) is 9.59 Å². The number of carbonyl (C=O) groups excluding carboxylic acids is 2.